The van der Waals surface area contributed by atoms with Crippen LogP contribution in [0, 0.1) is 17.8 Å². The van der Waals surface area contributed by atoms with Gasteiger partial charge in [-0.1, -0.05) is 5.92 Å². The van der Waals surface area contributed by atoms with E-state index in [9.17, 15) is 4.57 Å². The summed E-state index contributed by atoms with van der Waals surface area (Å²) in [6, 6.07) is 0. The molecule has 1 fully saturated rings. The van der Waals surface area contributed by atoms with Crippen LogP contribution in [0.3, 0.4) is 0 Å². The molecule has 62 valence electrons. The zero-order chi connectivity index (χ0) is 8.54. The molecule has 1 saturated heterocycles. The summed E-state index contributed by atoms with van der Waals surface area (Å²) < 4.78 is 16.6. The van der Waals surface area contributed by atoms with Gasteiger partial charge in [-0.15, -0.1) is 6.42 Å². The van der Waals surface area contributed by atoms with Gasteiger partial charge in [0, 0.05) is 24.8 Å². The lowest BCUT2D eigenvalue weighted by Gasteiger charge is -2.14. The number of terminal acetylenes is 1. The van der Waals surface area contributed by atoms with Crippen molar-refractivity contribution in [2.45, 2.75) is 13.3 Å². The van der Waals surface area contributed by atoms with Gasteiger partial charge in [0.2, 0.25) is 7.37 Å². The Morgan fingerprint density at radius 3 is 2.64 bits per heavy atom. The first kappa shape index (κ1) is 8.84. The molecule has 0 aliphatic carbocycles. The van der Waals surface area contributed by atoms with Gasteiger partial charge in [0.05, 0.1) is 0 Å². The molecule has 1 aliphatic heterocycles. The van der Waals surface area contributed by atoms with E-state index >= 15 is 0 Å². The Balaban J connectivity index is 2.76. The average molecular weight is 172 g/mol. The second kappa shape index (κ2) is 2.66. The third-order valence-corrected chi connectivity index (χ3v) is 5.03. The Hall–Kier alpha value is -0.250. The molecule has 0 radical (unpaired) electrons. The van der Waals surface area contributed by atoms with Crippen molar-refractivity contribution in [2.24, 2.45) is 5.41 Å². The van der Waals surface area contributed by atoms with E-state index in [4.69, 9.17) is 10.9 Å². The molecule has 0 bridgehead atoms. The number of rotatable bonds is 1. The molecule has 0 spiro atoms. The molecule has 0 saturated carbocycles. The van der Waals surface area contributed by atoms with Crippen LogP contribution in [0.2, 0.25) is 0 Å². The van der Waals surface area contributed by atoms with Crippen LogP contribution in [0.1, 0.15) is 13.3 Å². The third-order valence-electron chi connectivity index (χ3n) is 2.28. The first-order valence-electron chi connectivity index (χ1n) is 3.65. The molecular weight excluding hydrogens is 159 g/mol. The number of hydrogen-bond donors (Lipinski definition) is 0. The highest BCUT2D eigenvalue weighted by Crippen LogP contribution is 2.58. The van der Waals surface area contributed by atoms with Crippen LogP contribution in [-0.2, 0) is 9.09 Å². The van der Waals surface area contributed by atoms with E-state index in [-0.39, 0.29) is 5.41 Å². The lowest BCUT2D eigenvalue weighted by atomic mass is 9.92. The maximum absolute atomic E-state index is 11.6. The largest absolute Gasteiger partial charge is 0.332 e. The van der Waals surface area contributed by atoms with Crippen molar-refractivity contribution >= 4 is 7.37 Å². The highest BCUT2D eigenvalue weighted by molar-refractivity contribution is 7.59. The molecular formula is C8H13O2P. The van der Waals surface area contributed by atoms with Gasteiger partial charge in [-0.3, -0.25) is 4.57 Å². The summed E-state index contributed by atoms with van der Waals surface area (Å²) in [6.07, 6.45) is 7.34. The molecule has 11 heavy (non-hydrogen) atoms. The smallest absolute Gasteiger partial charge is 0.204 e. The second-order valence-electron chi connectivity index (χ2n) is 3.33. The van der Waals surface area contributed by atoms with Crippen LogP contribution >= 0.6 is 7.37 Å². The van der Waals surface area contributed by atoms with Crippen molar-refractivity contribution in [3.8, 4) is 12.3 Å². The van der Waals surface area contributed by atoms with Gasteiger partial charge in [-0.2, -0.15) is 0 Å². The summed E-state index contributed by atoms with van der Waals surface area (Å²) in [7, 11) is -0.828. The summed E-state index contributed by atoms with van der Waals surface area (Å²) in [6.45, 7) is 1.96. The zero-order valence-corrected chi connectivity index (χ0v) is 7.86. The summed E-state index contributed by atoms with van der Waals surface area (Å²) in [5.74, 6) is 2.68. The summed E-state index contributed by atoms with van der Waals surface area (Å²) in [4.78, 5) is 0. The van der Waals surface area contributed by atoms with Crippen LogP contribution in [0.25, 0.3) is 0 Å². The van der Waals surface area contributed by atoms with Gasteiger partial charge in [-0.05, 0) is 13.3 Å². The van der Waals surface area contributed by atoms with Gasteiger partial charge >= 0.3 is 0 Å². The van der Waals surface area contributed by atoms with Crippen LogP contribution < -0.4 is 0 Å². The van der Waals surface area contributed by atoms with E-state index in [0.29, 0.717) is 12.3 Å². The summed E-state index contributed by atoms with van der Waals surface area (Å²) in [5, 5.41) is 0. The van der Waals surface area contributed by atoms with Crippen molar-refractivity contribution in [3.05, 3.63) is 0 Å². The fourth-order valence-electron chi connectivity index (χ4n) is 1.38. The Bertz CT molecular complexity index is 241. The van der Waals surface area contributed by atoms with Gasteiger partial charge in [0.1, 0.15) is 0 Å². The quantitative estimate of drug-likeness (QED) is 0.446. The molecule has 1 rings (SSSR count). The maximum Gasteiger partial charge on any atom is 0.204 e. The van der Waals surface area contributed by atoms with E-state index in [0.717, 1.165) is 6.42 Å². The molecule has 0 aromatic heterocycles. The van der Waals surface area contributed by atoms with E-state index in [1.165, 1.54) is 7.11 Å². The molecule has 3 heteroatoms. The molecule has 2 nitrogen and oxygen atoms in total. The SMILES string of the molecule is C#CC1(C)CCP(=O)(OC)C1. The van der Waals surface area contributed by atoms with Crippen molar-refractivity contribution < 1.29 is 9.09 Å². The van der Waals surface area contributed by atoms with Crippen molar-refractivity contribution in [2.75, 3.05) is 19.4 Å². The highest BCUT2D eigenvalue weighted by Gasteiger charge is 2.41. The summed E-state index contributed by atoms with van der Waals surface area (Å²) >= 11 is 0. The van der Waals surface area contributed by atoms with Crippen LogP contribution in [0.15, 0.2) is 0 Å². The lowest BCUT2D eigenvalue weighted by molar-refractivity contribution is 0.395. The first-order valence-corrected chi connectivity index (χ1v) is 5.65. The molecule has 0 N–H and O–H groups in total. The fraction of sp³-hybridized carbons (Fsp3) is 0.750. The standard InChI is InChI=1S/C8H13O2P/c1-4-8(2)5-6-11(9,7-8)10-3/h1H,5-7H2,2-3H3. The molecule has 2 atom stereocenters. The van der Waals surface area contributed by atoms with Gasteiger partial charge in [0.25, 0.3) is 0 Å². The van der Waals surface area contributed by atoms with E-state index < -0.39 is 7.37 Å². The second-order valence-corrected chi connectivity index (χ2v) is 6.09. The Morgan fingerprint density at radius 1 is 1.73 bits per heavy atom. The van der Waals surface area contributed by atoms with E-state index in [2.05, 4.69) is 5.92 Å². The third kappa shape index (κ3) is 1.67. The monoisotopic (exact) mass is 172 g/mol. The molecule has 0 amide bonds. The van der Waals surface area contributed by atoms with E-state index in [1.54, 1.807) is 0 Å². The number of hydrogen-bond acceptors (Lipinski definition) is 2. The molecule has 1 heterocycles. The Kier molecular flexibility index (Phi) is 2.14. The minimum atomic E-state index is -2.33. The molecule has 0 aromatic rings. The van der Waals surface area contributed by atoms with Crippen molar-refractivity contribution in [1.29, 1.82) is 0 Å². The fourth-order valence-corrected chi connectivity index (χ4v) is 4.00. The minimum absolute atomic E-state index is 0.189. The normalized spacial score (nSPS) is 43.7. The lowest BCUT2D eigenvalue weighted by Crippen LogP contribution is -2.11. The van der Waals surface area contributed by atoms with E-state index in [1.807, 2.05) is 6.92 Å². The van der Waals surface area contributed by atoms with Crippen LogP contribution in [-0.4, -0.2) is 19.4 Å². The first-order chi connectivity index (χ1) is 5.04. The molecule has 2 unspecified atom stereocenters. The predicted octanol–water partition coefficient (Wildman–Crippen LogP) is 1.95. The van der Waals surface area contributed by atoms with Crippen molar-refractivity contribution in [3.63, 3.8) is 0 Å². The minimum Gasteiger partial charge on any atom is -0.332 e. The predicted molar refractivity (Wildman–Crippen MR) is 45.9 cm³/mol. The maximum atomic E-state index is 11.6. The van der Waals surface area contributed by atoms with Crippen molar-refractivity contribution in [1.82, 2.24) is 0 Å². The molecule has 1 aliphatic rings. The zero-order valence-electron chi connectivity index (χ0n) is 6.96. The van der Waals surface area contributed by atoms with Crippen LogP contribution in [0.5, 0.6) is 0 Å². The Labute approximate surface area is 67.8 Å². The topological polar surface area (TPSA) is 26.3 Å². The van der Waals surface area contributed by atoms with Gasteiger partial charge < -0.3 is 4.52 Å². The highest BCUT2D eigenvalue weighted by atomic mass is 31.2. The Morgan fingerprint density at radius 2 is 2.36 bits per heavy atom. The van der Waals surface area contributed by atoms with Gasteiger partial charge in [0.15, 0.2) is 0 Å². The van der Waals surface area contributed by atoms with Crippen LogP contribution in [0.4, 0.5) is 0 Å². The van der Waals surface area contributed by atoms with Gasteiger partial charge in [-0.25, -0.2) is 0 Å². The molecule has 0 aromatic carbocycles. The summed E-state index contributed by atoms with van der Waals surface area (Å²) in [5.41, 5.74) is -0.189. The average Bonchev–Trinajstić information content (AvgIpc) is 2.30.